The molecule has 0 bridgehead atoms. The number of hydrogen-bond acceptors (Lipinski definition) is 18. The highest BCUT2D eigenvalue weighted by atomic mass is 16.8. The van der Waals surface area contributed by atoms with Crippen molar-refractivity contribution in [2.45, 2.75) is 356 Å². The first-order valence-corrected chi connectivity index (χ1v) is 34.2. The van der Waals surface area contributed by atoms with Gasteiger partial charge >= 0.3 is 0 Å². The van der Waals surface area contributed by atoms with Crippen LogP contribution < -0.4 is 5.32 Å². The lowest BCUT2D eigenvalue weighted by Gasteiger charge is -2.48. The molecule has 0 saturated carbocycles. The van der Waals surface area contributed by atoms with Gasteiger partial charge in [0.2, 0.25) is 5.91 Å². The van der Waals surface area contributed by atoms with Crippen LogP contribution in [0.25, 0.3) is 0 Å². The first-order chi connectivity index (χ1) is 41.8. The molecule has 86 heavy (non-hydrogen) atoms. The molecular formula is C67H123NO18. The Morgan fingerprint density at radius 1 is 0.407 bits per heavy atom. The van der Waals surface area contributed by atoms with Gasteiger partial charge in [-0.05, 0) is 44.9 Å². The van der Waals surface area contributed by atoms with Gasteiger partial charge < -0.3 is 89.9 Å². The number of nitrogens with one attached hydrogen (secondary N) is 1. The Labute approximate surface area is 517 Å². The fourth-order valence-corrected chi connectivity index (χ4v) is 11.6. The lowest BCUT2D eigenvalue weighted by atomic mass is 9.96. The summed E-state index contributed by atoms with van der Waals surface area (Å²) in [6.07, 6.45) is 30.1. The molecule has 3 saturated heterocycles. The largest absolute Gasteiger partial charge is 0.394 e. The van der Waals surface area contributed by atoms with E-state index in [1.165, 1.54) is 173 Å². The zero-order valence-corrected chi connectivity index (χ0v) is 53.0. The number of aliphatic hydroxyl groups is 11. The standard InChI is InChI=1S/C67H123NO18/c1-3-5-7-9-11-13-15-17-18-19-20-21-22-23-24-25-26-27-28-29-30-31-32-33-34-36-38-40-42-44-51(72)50(68-55(73)45-43-41-39-37-35-16-14-12-10-8-6-4-2)49-81-65-61(79)58(76)63(53(47-70)83-65)86-67-62(80)59(77)64(54(48-71)84-67)85-66-60(78)57(75)56(74)52(46-69)82-66/h30-31,34,36,42,44,50-54,56-67,69-72,74-80H,3-29,32-33,35,37-41,43,45-49H2,1-2H3,(H,68,73)/b31-30+,36-34+,44-42+. The van der Waals surface area contributed by atoms with Crippen molar-refractivity contribution < 1.29 is 89.4 Å². The summed E-state index contributed by atoms with van der Waals surface area (Å²) in [5.41, 5.74) is 0. The Bertz CT molecular complexity index is 1710. The molecule has 3 fully saturated rings. The molecule has 0 aromatic rings. The summed E-state index contributed by atoms with van der Waals surface area (Å²) in [6, 6.07) is -0.993. The highest BCUT2D eigenvalue weighted by Gasteiger charge is 2.53. The minimum absolute atomic E-state index is 0.235. The maximum Gasteiger partial charge on any atom is 0.220 e. The molecule has 0 spiro atoms. The molecule has 0 aromatic carbocycles. The van der Waals surface area contributed by atoms with Gasteiger partial charge in [-0.15, -0.1) is 0 Å². The number of unbranched alkanes of at least 4 members (excludes halogenated alkanes) is 32. The minimum Gasteiger partial charge on any atom is -0.394 e. The highest BCUT2D eigenvalue weighted by molar-refractivity contribution is 5.76. The number of carbonyl (C=O) groups excluding carboxylic acids is 1. The molecule has 19 nitrogen and oxygen atoms in total. The molecule has 0 radical (unpaired) electrons. The number of hydrogen-bond donors (Lipinski definition) is 12. The van der Waals surface area contributed by atoms with Crippen LogP contribution in [0.3, 0.4) is 0 Å². The van der Waals surface area contributed by atoms with Gasteiger partial charge in [0.25, 0.3) is 0 Å². The predicted octanol–water partition coefficient (Wildman–Crippen LogP) is 8.44. The van der Waals surface area contributed by atoms with Gasteiger partial charge in [0.05, 0.1) is 38.6 Å². The molecule has 3 rings (SSSR count). The second-order valence-corrected chi connectivity index (χ2v) is 24.6. The summed E-state index contributed by atoms with van der Waals surface area (Å²) < 4.78 is 34.3. The monoisotopic (exact) mass is 1230 g/mol. The highest BCUT2D eigenvalue weighted by Crippen LogP contribution is 2.33. The molecule has 0 aliphatic carbocycles. The van der Waals surface area contributed by atoms with Crippen molar-refractivity contribution in [2.24, 2.45) is 0 Å². The first-order valence-electron chi connectivity index (χ1n) is 34.2. The van der Waals surface area contributed by atoms with Crippen LogP contribution in [0.15, 0.2) is 36.5 Å². The third-order valence-corrected chi connectivity index (χ3v) is 17.2. The van der Waals surface area contributed by atoms with Crippen LogP contribution in [0.5, 0.6) is 0 Å². The van der Waals surface area contributed by atoms with Crippen LogP contribution in [-0.4, -0.2) is 193 Å². The molecule has 17 unspecified atom stereocenters. The summed E-state index contributed by atoms with van der Waals surface area (Å²) in [7, 11) is 0. The molecule has 3 heterocycles. The van der Waals surface area contributed by atoms with E-state index in [2.05, 4.69) is 43.5 Å². The van der Waals surface area contributed by atoms with Crippen molar-refractivity contribution >= 4 is 5.91 Å². The van der Waals surface area contributed by atoms with Gasteiger partial charge in [0.15, 0.2) is 18.9 Å². The van der Waals surface area contributed by atoms with E-state index in [0.29, 0.717) is 12.8 Å². The third kappa shape index (κ3) is 31.8. The van der Waals surface area contributed by atoms with Crippen LogP contribution in [0.2, 0.25) is 0 Å². The SMILES string of the molecule is CCCCCCCCCCCCCCCCCCCCC/C=C/CC/C=C/CC/C=C/C(O)C(COC1OC(CO)C(OC2OC(CO)C(OC3OC(CO)C(O)C(O)C3O)C(O)C2O)C(O)C1O)NC(=O)CCCCCCCCCCCCCC. The summed E-state index contributed by atoms with van der Waals surface area (Å²) in [5, 5.41) is 120. The van der Waals surface area contributed by atoms with Crippen molar-refractivity contribution in [1.29, 1.82) is 0 Å². The molecule has 1 amide bonds. The van der Waals surface area contributed by atoms with Crippen molar-refractivity contribution in [3.05, 3.63) is 36.5 Å². The van der Waals surface area contributed by atoms with Crippen molar-refractivity contribution in [3.8, 4) is 0 Å². The Kier molecular flexibility index (Phi) is 45.2. The average molecular weight is 1230 g/mol. The van der Waals surface area contributed by atoms with E-state index in [0.717, 1.165) is 44.9 Å². The number of rotatable bonds is 52. The van der Waals surface area contributed by atoms with Gasteiger partial charge in [0.1, 0.15) is 73.2 Å². The van der Waals surface area contributed by atoms with E-state index in [9.17, 15) is 61.0 Å². The van der Waals surface area contributed by atoms with Gasteiger partial charge in [-0.3, -0.25) is 4.79 Å². The summed E-state index contributed by atoms with van der Waals surface area (Å²) >= 11 is 0. The van der Waals surface area contributed by atoms with Gasteiger partial charge in [0, 0.05) is 6.42 Å². The van der Waals surface area contributed by atoms with E-state index in [1.54, 1.807) is 6.08 Å². The summed E-state index contributed by atoms with van der Waals surface area (Å²) in [5.74, 6) is -0.289. The van der Waals surface area contributed by atoms with Crippen molar-refractivity contribution in [3.63, 3.8) is 0 Å². The van der Waals surface area contributed by atoms with Gasteiger partial charge in [-0.1, -0.05) is 237 Å². The van der Waals surface area contributed by atoms with Crippen LogP contribution in [-0.2, 0) is 33.2 Å². The Hall–Kier alpha value is -1.99. The summed E-state index contributed by atoms with van der Waals surface area (Å²) in [6.45, 7) is 1.71. The van der Waals surface area contributed by atoms with E-state index in [1.807, 2.05) is 6.08 Å². The molecule has 12 N–H and O–H groups in total. The number of ether oxygens (including phenoxy) is 6. The molecule has 3 aliphatic heterocycles. The summed E-state index contributed by atoms with van der Waals surface area (Å²) in [4.78, 5) is 13.3. The predicted molar refractivity (Wildman–Crippen MR) is 333 cm³/mol. The minimum atomic E-state index is -1.98. The van der Waals surface area contributed by atoms with E-state index >= 15 is 0 Å². The zero-order valence-electron chi connectivity index (χ0n) is 53.0. The lowest BCUT2D eigenvalue weighted by Crippen LogP contribution is -2.66. The van der Waals surface area contributed by atoms with Crippen molar-refractivity contribution in [1.82, 2.24) is 5.32 Å². The number of allylic oxidation sites excluding steroid dienone is 5. The molecule has 3 aliphatic rings. The molecule has 0 aromatic heterocycles. The van der Waals surface area contributed by atoms with Crippen molar-refractivity contribution in [2.75, 3.05) is 26.4 Å². The fourth-order valence-electron chi connectivity index (χ4n) is 11.6. The van der Waals surface area contributed by atoms with Crippen LogP contribution in [0.1, 0.15) is 251 Å². The van der Waals surface area contributed by atoms with E-state index in [4.69, 9.17) is 28.4 Å². The quantitative estimate of drug-likeness (QED) is 0.0201. The Morgan fingerprint density at radius 2 is 0.744 bits per heavy atom. The number of aliphatic hydroxyl groups excluding tert-OH is 11. The molecule has 504 valence electrons. The normalized spacial score (nSPS) is 29.0. The van der Waals surface area contributed by atoms with Crippen LogP contribution >= 0.6 is 0 Å². The van der Waals surface area contributed by atoms with E-state index in [-0.39, 0.29) is 18.9 Å². The van der Waals surface area contributed by atoms with Gasteiger partial charge in [-0.25, -0.2) is 0 Å². The molecular weight excluding hydrogens is 1110 g/mol. The lowest BCUT2D eigenvalue weighted by molar-refractivity contribution is -0.379. The Morgan fingerprint density at radius 3 is 1.16 bits per heavy atom. The van der Waals surface area contributed by atoms with Gasteiger partial charge in [-0.2, -0.15) is 0 Å². The second-order valence-electron chi connectivity index (χ2n) is 24.6. The number of carbonyl (C=O) groups is 1. The third-order valence-electron chi connectivity index (χ3n) is 17.2. The topological polar surface area (TPSA) is 307 Å². The molecule has 19 heteroatoms. The van der Waals surface area contributed by atoms with E-state index < -0.39 is 124 Å². The zero-order chi connectivity index (χ0) is 62.6. The van der Waals surface area contributed by atoms with Crippen LogP contribution in [0.4, 0.5) is 0 Å². The maximum atomic E-state index is 13.3. The smallest absolute Gasteiger partial charge is 0.220 e. The van der Waals surface area contributed by atoms with Crippen LogP contribution in [0, 0.1) is 0 Å². The first kappa shape index (κ1) is 78.3. The fraction of sp³-hybridized carbons (Fsp3) is 0.896. The average Bonchev–Trinajstić information content (AvgIpc) is 1.85. The second kappa shape index (κ2) is 49.7. The number of amides is 1. The Balaban J connectivity index is 1.42. The maximum absolute atomic E-state index is 13.3. The molecule has 17 atom stereocenters.